The van der Waals surface area contributed by atoms with Crippen molar-refractivity contribution in [2.24, 2.45) is 21.7 Å². The van der Waals surface area contributed by atoms with Crippen molar-refractivity contribution >= 4 is 9.84 Å². The molecule has 1 heterocycles. The molecule has 1 aliphatic rings. The molecule has 0 aromatic heterocycles. The van der Waals surface area contributed by atoms with E-state index >= 15 is 0 Å². The first-order valence-electron chi connectivity index (χ1n) is 13.2. The Balaban J connectivity index is 2.33. The fourth-order valence-corrected chi connectivity index (χ4v) is 5.53. The summed E-state index contributed by atoms with van der Waals surface area (Å²) in [6.45, 7) is 20.4. The number of ether oxygens (including phenoxy) is 2. The average Bonchev–Trinajstić information content (AvgIpc) is 2.76. The minimum atomic E-state index is -3.44. The number of phenols is 1. The molecule has 0 radical (unpaired) electrons. The van der Waals surface area contributed by atoms with Crippen molar-refractivity contribution in [1.29, 1.82) is 0 Å². The molecule has 1 aromatic rings. The first kappa shape index (κ1) is 31.1. The second-order valence-electron chi connectivity index (χ2n) is 13.2. The van der Waals surface area contributed by atoms with Crippen LogP contribution >= 0.6 is 0 Å². The molecule has 0 saturated carbocycles. The van der Waals surface area contributed by atoms with Crippen LogP contribution in [0.2, 0.25) is 0 Å². The normalized spacial score (nSPS) is 22.6. The van der Waals surface area contributed by atoms with E-state index in [0.717, 1.165) is 38.4 Å². The summed E-state index contributed by atoms with van der Waals surface area (Å²) in [7, 11) is -3.44. The molecular formula is C29H50O6S. The number of hydrogen-bond acceptors (Lipinski definition) is 6. The summed E-state index contributed by atoms with van der Waals surface area (Å²) >= 11 is 0. The average molecular weight is 527 g/mol. The maximum atomic E-state index is 12.1. The fraction of sp³-hybridized carbons (Fsp3) is 0.793. The Hall–Kier alpha value is -1.15. The van der Waals surface area contributed by atoms with Crippen molar-refractivity contribution < 1.29 is 28.1 Å². The third-order valence-corrected chi connectivity index (χ3v) is 10.8. The number of aromatic hydroxyl groups is 1. The van der Waals surface area contributed by atoms with E-state index in [2.05, 4.69) is 62.3 Å². The summed E-state index contributed by atoms with van der Waals surface area (Å²) < 4.78 is 37.0. The van der Waals surface area contributed by atoms with Crippen LogP contribution in [0.15, 0.2) is 23.1 Å². The van der Waals surface area contributed by atoms with Crippen LogP contribution in [0.3, 0.4) is 0 Å². The molecule has 1 aliphatic heterocycles. The molecule has 2 rings (SSSR count). The van der Waals surface area contributed by atoms with Crippen molar-refractivity contribution in [2.75, 3.05) is 12.9 Å². The van der Waals surface area contributed by atoms with Gasteiger partial charge in [-0.2, -0.15) is 0 Å². The topological polar surface area (TPSA) is 93.1 Å². The molecule has 0 bridgehead atoms. The predicted molar refractivity (Wildman–Crippen MR) is 145 cm³/mol. The summed E-state index contributed by atoms with van der Waals surface area (Å²) in [5.41, 5.74) is 0.0932. The lowest BCUT2D eigenvalue weighted by atomic mass is 9.57. The maximum Gasteiger partial charge on any atom is 0.188 e. The molecule has 3 atom stereocenters. The molecule has 0 aliphatic carbocycles. The van der Waals surface area contributed by atoms with Gasteiger partial charge < -0.3 is 19.7 Å². The van der Waals surface area contributed by atoms with Crippen LogP contribution in [0.4, 0.5) is 0 Å². The summed E-state index contributed by atoms with van der Waals surface area (Å²) in [5.74, 6) is -0.0344. The van der Waals surface area contributed by atoms with Crippen LogP contribution in [0.1, 0.15) is 106 Å². The SMILES string of the molecule is CCC1CC(C(C)(C)C(C)(C)CCC(C)(C)C(C)(C)CCO)OC(c2cc(S(C)(=O)=O)ccc2O)O1. The van der Waals surface area contributed by atoms with Crippen LogP contribution < -0.4 is 0 Å². The highest BCUT2D eigenvalue weighted by Gasteiger charge is 2.49. The van der Waals surface area contributed by atoms with Crippen LogP contribution in [0, 0.1) is 21.7 Å². The van der Waals surface area contributed by atoms with Crippen molar-refractivity contribution in [3.05, 3.63) is 23.8 Å². The van der Waals surface area contributed by atoms with Crippen LogP contribution in [-0.2, 0) is 19.3 Å². The van der Waals surface area contributed by atoms with Gasteiger partial charge in [0.05, 0.1) is 22.7 Å². The van der Waals surface area contributed by atoms with Gasteiger partial charge in [0.25, 0.3) is 0 Å². The first-order valence-corrected chi connectivity index (χ1v) is 15.1. The van der Waals surface area contributed by atoms with Gasteiger partial charge in [-0.25, -0.2) is 8.42 Å². The van der Waals surface area contributed by atoms with E-state index < -0.39 is 16.1 Å². The van der Waals surface area contributed by atoms with Gasteiger partial charge in [0.15, 0.2) is 16.1 Å². The quantitative estimate of drug-likeness (QED) is 0.335. The number of benzene rings is 1. The smallest absolute Gasteiger partial charge is 0.188 e. The standard InChI is InChI=1S/C29H50O6S/c1-11-20-18-24(35-25(34-20)22-19-21(36(10,32)33)12-13-23(22)31)29(8,9)28(6,7)15-14-26(2,3)27(4,5)16-17-30/h12-13,19-20,24-25,30-31H,11,14-18H2,1-10H3. The van der Waals surface area contributed by atoms with Crippen LogP contribution in [0.5, 0.6) is 5.75 Å². The molecule has 7 heteroatoms. The van der Waals surface area contributed by atoms with Gasteiger partial charge in [0.2, 0.25) is 0 Å². The van der Waals surface area contributed by atoms with E-state index in [-0.39, 0.29) is 51.1 Å². The minimum Gasteiger partial charge on any atom is -0.507 e. The monoisotopic (exact) mass is 526 g/mol. The number of phenolic OH excluding ortho intramolecular Hbond substituents is 1. The molecule has 1 aromatic carbocycles. The minimum absolute atomic E-state index is 0.0116. The van der Waals surface area contributed by atoms with E-state index in [0.29, 0.717) is 5.56 Å². The Kier molecular flexibility index (Phi) is 9.42. The summed E-state index contributed by atoms with van der Waals surface area (Å²) in [4.78, 5) is 0.130. The second kappa shape index (κ2) is 10.9. The van der Waals surface area contributed by atoms with E-state index in [4.69, 9.17) is 9.47 Å². The Morgan fingerprint density at radius 3 is 2.00 bits per heavy atom. The Morgan fingerprint density at radius 2 is 1.47 bits per heavy atom. The first-order chi connectivity index (χ1) is 16.3. The number of sulfone groups is 1. The van der Waals surface area contributed by atoms with Crippen LogP contribution in [-0.4, -0.2) is 43.7 Å². The molecule has 6 nitrogen and oxygen atoms in total. The summed E-state index contributed by atoms with van der Waals surface area (Å²) in [6.07, 6.45) is 4.38. The highest BCUT2D eigenvalue weighted by molar-refractivity contribution is 7.90. The van der Waals surface area contributed by atoms with Gasteiger partial charge in [0.1, 0.15) is 5.75 Å². The largest absolute Gasteiger partial charge is 0.507 e. The molecule has 1 fully saturated rings. The third-order valence-electron chi connectivity index (χ3n) is 9.71. The highest BCUT2D eigenvalue weighted by Crippen LogP contribution is 2.53. The summed E-state index contributed by atoms with van der Waals surface area (Å²) in [5, 5.41) is 20.1. The zero-order chi connectivity index (χ0) is 27.7. The highest BCUT2D eigenvalue weighted by atomic mass is 32.2. The van der Waals surface area contributed by atoms with Crippen molar-refractivity contribution in [2.45, 2.75) is 118 Å². The van der Waals surface area contributed by atoms with Gasteiger partial charge in [0, 0.05) is 19.3 Å². The van der Waals surface area contributed by atoms with E-state index in [1.807, 2.05) is 0 Å². The predicted octanol–water partition coefficient (Wildman–Crippen LogP) is 6.65. The van der Waals surface area contributed by atoms with Gasteiger partial charge in [-0.15, -0.1) is 0 Å². The van der Waals surface area contributed by atoms with Gasteiger partial charge >= 0.3 is 0 Å². The Labute approximate surface area is 219 Å². The molecular weight excluding hydrogens is 476 g/mol. The van der Waals surface area contributed by atoms with E-state index in [9.17, 15) is 18.6 Å². The Morgan fingerprint density at radius 1 is 0.917 bits per heavy atom. The van der Waals surface area contributed by atoms with Crippen molar-refractivity contribution in [1.82, 2.24) is 0 Å². The zero-order valence-electron chi connectivity index (χ0n) is 24.1. The lowest BCUT2D eigenvalue weighted by Gasteiger charge is -2.52. The zero-order valence-corrected chi connectivity index (χ0v) is 25.0. The van der Waals surface area contributed by atoms with E-state index in [1.165, 1.54) is 18.2 Å². The molecule has 0 amide bonds. The molecule has 208 valence electrons. The number of hydrogen-bond donors (Lipinski definition) is 2. The van der Waals surface area contributed by atoms with Crippen molar-refractivity contribution in [3.63, 3.8) is 0 Å². The molecule has 2 N–H and O–H groups in total. The second-order valence-corrected chi connectivity index (χ2v) is 15.2. The number of aliphatic hydroxyl groups is 1. The molecule has 0 spiro atoms. The molecule has 3 unspecified atom stereocenters. The Bertz CT molecular complexity index is 993. The number of aliphatic hydroxyl groups excluding tert-OH is 1. The number of rotatable bonds is 11. The van der Waals surface area contributed by atoms with Crippen molar-refractivity contribution in [3.8, 4) is 5.75 Å². The van der Waals surface area contributed by atoms with E-state index in [1.54, 1.807) is 0 Å². The van der Waals surface area contributed by atoms with Gasteiger partial charge in [-0.1, -0.05) is 62.3 Å². The van der Waals surface area contributed by atoms with Crippen LogP contribution in [0.25, 0.3) is 0 Å². The van der Waals surface area contributed by atoms with Gasteiger partial charge in [-0.05, 0) is 65.5 Å². The maximum absolute atomic E-state index is 12.1. The molecule has 36 heavy (non-hydrogen) atoms. The lowest BCUT2D eigenvalue weighted by molar-refractivity contribution is -0.280. The summed E-state index contributed by atoms with van der Waals surface area (Å²) in [6, 6.07) is 4.27. The van der Waals surface area contributed by atoms with Gasteiger partial charge in [-0.3, -0.25) is 0 Å². The molecule has 1 saturated heterocycles. The lowest BCUT2D eigenvalue weighted by Crippen LogP contribution is -2.49. The fourth-order valence-electron chi connectivity index (χ4n) is 4.87. The third kappa shape index (κ3) is 6.64.